The molecule has 15 nitrogen and oxygen atoms in total. The summed E-state index contributed by atoms with van der Waals surface area (Å²) in [5.74, 6) is -0.928. The van der Waals surface area contributed by atoms with Crippen molar-refractivity contribution in [3.63, 3.8) is 0 Å². The van der Waals surface area contributed by atoms with Crippen LogP contribution in [-0.4, -0.2) is 111 Å². The number of nitrogens with zero attached hydrogens (tertiary/aromatic N) is 2. The number of methoxy groups -OCH3 is 3. The highest BCUT2D eigenvalue weighted by Crippen LogP contribution is 2.46. The van der Waals surface area contributed by atoms with Gasteiger partial charge in [-0.15, -0.1) is 0 Å². The third-order valence-corrected chi connectivity index (χ3v) is 15.3. The van der Waals surface area contributed by atoms with Crippen LogP contribution in [0.15, 0.2) is 102 Å². The van der Waals surface area contributed by atoms with E-state index in [1.165, 1.54) is 28.3 Å². The smallest absolute Gasteiger partial charge is 0.416 e. The number of hydrogen-bond donors (Lipinski definition) is 5. The van der Waals surface area contributed by atoms with Crippen LogP contribution in [0.3, 0.4) is 0 Å². The summed E-state index contributed by atoms with van der Waals surface area (Å²) in [7, 11) is 4.53. The van der Waals surface area contributed by atoms with Crippen molar-refractivity contribution in [3.05, 3.63) is 142 Å². The molecule has 456 valence electrons. The lowest BCUT2D eigenvalue weighted by Crippen LogP contribution is -2.59. The molecule has 2 aliphatic carbocycles. The molecule has 5 aliphatic rings. The van der Waals surface area contributed by atoms with E-state index in [1.54, 1.807) is 31.2 Å². The number of halogens is 9. The highest BCUT2D eigenvalue weighted by atomic mass is 19.4. The number of nitrogens with one attached hydrogen (secondary N) is 3. The van der Waals surface area contributed by atoms with Crippen molar-refractivity contribution < 1.29 is 82.7 Å². The van der Waals surface area contributed by atoms with Crippen LogP contribution >= 0.6 is 0 Å². The zero-order valence-corrected chi connectivity index (χ0v) is 47.3. The number of aliphatic imine (C=N–C) groups is 1. The number of alkyl halides is 9. The summed E-state index contributed by atoms with van der Waals surface area (Å²) in [5.41, 5.74) is 2.81. The molecule has 4 fully saturated rings. The van der Waals surface area contributed by atoms with Gasteiger partial charge in [0.05, 0.1) is 71.1 Å². The number of carboxylic acid groups (broad SMARTS) is 1. The van der Waals surface area contributed by atoms with Crippen LogP contribution in [-0.2, 0) is 67.7 Å². The first kappa shape index (κ1) is 66.2. The molecule has 0 unspecified atom stereocenters. The second kappa shape index (κ2) is 27.4. The summed E-state index contributed by atoms with van der Waals surface area (Å²) in [6.45, 7) is 6.72. The Hall–Kier alpha value is -5.99. The first-order chi connectivity index (χ1) is 38.9. The molecule has 0 bridgehead atoms. The summed E-state index contributed by atoms with van der Waals surface area (Å²) in [4.78, 5) is 40.2. The number of carbonyl (C=O) groups excluding carboxylic acids is 2. The SMILES string of the molecule is CC(=O)O.COC(OC)OC.C[C@@H](OC[C@@]1(c2ccccc2)CC[C@H](N2C=NC3(CC3)C2=O)CN1)c1cc(C(F)(F)F)cc(C(F)(F)F)c1.Cc1cc([C@@H](C)OC[C@@]2(c3ccccc3)CC[C@H](NC(=O)C3(N)CC3)CN2)cc(C(F)(F)F)c1. The van der Waals surface area contributed by atoms with E-state index in [0.717, 1.165) is 49.4 Å². The van der Waals surface area contributed by atoms with Gasteiger partial charge in [0.15, 0.2) is 0 Å². The monoisotopic (exact) mass is 1180 g/mol. The van der Waals surface area contributed by atoms with Crippen LogP contribution in [0.4, 0.5) is 39.5 Å². The molecular formula is C59H73F9N6O9. The molecule has 2 amide bonds. The zero-order valence-electron chi connectivity index (χ0n) is 47.3. The van der Waals surface area contributed by atoms with E-state index in [9.17, 15) is 49.1 Å². The van der Waals surface area contributed by atoms with Crippen molar-refractivity contribution in [2.75, 3.05) is 47.6 Å². The van der Waals surface area contributed by atoms with E-state index in [2.05, 4.69) is 35.2 Å². The molecule has 3 heterocycles. The predicted octanol–water partition coefficient (Wildman–Crippen LogP) is 10.5. The van der Waals surface area contributed by atoms with E-state index < -0.39 is 82.0 Å². The number of nitrogens with two attached hydrogens (primary N) is 1. The third kappa shape index (κ3) is 17.6. The van der Waals surface area contributed by atoms with E-state index in [-0.39, 0.29) is 48.7 Å². The van der Waals surface area contributed by atoms with Crippen LogP contribution in [0, 0.1) is 6.92 Å². The van der Waals surface area contributed by atoms with Crippen LogP contribution < -0.4 is 21.7 Å². The maximum Gasteiger partial charge on any atom is 0.416 e. The second-order valence-electron chi connectivity index (χ2n) is 21.6. The van der Waals surface area contributed by atoms with E-state index in [0.29, 0.717) is 68.5 Å². The van der Waals surface area contributed by atoms with Gasteiger partial charge in [-0.3, -0.25) is 24.3 Å². The number of piperidine rings is 2. The highest BCUT2D eigenvalue weighted by molar-refractivity contribution is 6.02. The summed E-state index contributed by atoms with van der Waals surface area (Å²) in [6.07, 6.45) is -8.68. The number of carboxylic acids is 1. The lowest BCUT2D eigenvalue weighted by atomic mass is 9.81. The van der Waals surface area contributed by atoms with E-state index in [4.69, 9.17) is 25.1 Å². The topological polar surface area (TPSA) is 195 Å². The zero-order chi connectivity index (χ0) is 61.2. The van der Waals surface area contributed by atoms with Gasteiger partial charge in [0.2, 0.25) is 5.91 Å². The fraction of sp³-hybridized carbons (Fsp3) is 0.525. The molecule has 4 aromatic rings. The molecule has 83 heavy (non-hydrogen) atoms. The molecule has 6 atom stereocenters. The Morgan fingerprint density at radius 3 is 1.48 bits per heavy atom. The van der Waals surface area contributed by atoms with Crippen LogP contribution in [0.1, 0.15) is 129 Å². The predicted molar refractivity (Wildman–Crippen MR) is 289 cm³/mol. The van der Waals surface area contributed by atoms with E-state index >= 15 is 0 Å². The Labute approximate surface area is 476 Å². The Balaban J connectivity index is 0.000000227. The minimum absolute atomic E-state index is 0.00592. The molecule has 0 aromatic heterocycles. The Morgan fingerprint density at radius 1 is 0.687 bits per heavy atom. The average Bonchev–Trinajstić information content (AvgIpc) is 3.89. The van der Waals surface area contributed by atoms with Crippen LogP contribution in [0.2, 0.25) is 0 Å². The molecule has 1 spiro atoms. The number of ether oxygens (including phenoxy) is 5. The van der Waals surface area contributed by atoms with Gasteiger partial charge in [0.25, 0.3) is 18.4 Å². The summed E-state index contributed by atoms with van der Waals surface area (Å²) < 4.78 is 146. The quantitative estimate of drug-likeness (QED) is 0.0527. The summed E-state index contributed by atoms with van der Waals surface area (Å²) in [6, 6.07) is 24.6. The molecule has 3 aliphatic heterocycles. The molecule has 2 saturated carbocycles. The van der Waals surface area contributed by atoms with E-state index in [1.807, 2.05) is 60.7 Å². The molecule has 4 aromatic carbocycles. The lowest BCUT2D eigenvalue weighted by molar-refractivity contribution is -0.252. The van der Waals surface area contributed by atoms with Gasteiger partial charge in [0, 0.05) is 47.4 Å². The van der Waals surface area contributed by atoms with Crippen molar-refractivity contribution in [3.8, 4) is 0 Å². The van der Waals surface area contributed by atoms with Crippen molar-refractivity contribution in [1.29, 1.82) is 0 Å². The molecule has 6 N–H and O–H groups in total. The van der Waals surface area contributed by atoms with Crippen molar-refractivity contribution in [2.45, 2.75) is 151 Å². The summed E-state index contributed by atoms with van der Waals surface area (Å²) in [5, 5.41) is 17.5. The Morgan fingerprint density at radius 2 is 1.12 bits per heavy atom. The number of hydrogen-bond acceptors (Lipinski definition) is 12. The number of aryl methyl sites for hydroxylation is 1. The van der Waals surface area contributed by atoms with Gasteiger partial charge >= 0.3 is 18.5 Å². The van der Waals surface area contributed by atoms with Gasteiger partial charge < -0.3 is 50.5 Å². The number of carbonyl (C=O) groups is 3. The van der Waals surface area contributed by atoms with Crippen molar-refractivity contribution >= 4 is 24.1 Å². The maximum atomic E-state index is 13.3. The second-order valence-corrected chi connectivity index (χ2v) is 21.6. The molecule has 9 rings (SSSR count). The average molecular weight is 1180 g/mol. The number of benzene rings is 4. The maximum absolute atomic E-state index is 13.3. The number of amides is 2. The molecular weight excluding hydrogens is 1110 g/mol. The Kier molecular flexibility index (Phi) is 21.8. The first-order valence-electron chi connectivity index (χ1n) is 27.0. The fourth-order valence-corrected chi connectivity index (χ4v) is 10.0. The minimum atomic E-state index is -4.93. The van der Waals surface area contributed by atoms with Gasteiger partial charge in [-0.1, -0.05) is 72.3 Å². The van der Waals surface area contributed by atoms with Crippen LogP contribution in [0.25, 0.3) is 0 Å². The van der Waals surface area contributed by atoms with Gasteiger partial charge in [-0.05, 0) is 125 Å². The highest BCUT2D eigenvalue weighted by Gasteiger charge is 2.56. The Bertz CT molecular complexity index is 2770. The molecule has 24 heteroatoms. The van der Waals surface area contributed by atoms with Crippen molar-refractivity contribution in [1.82, 2.24) is 20.9 Å². The molecule has 2 saturated heterocycles. The summed E-state index contributed by atoms with van der Waals surface area (Å²) >= 11 is 0. The first-order valence-corrected chi connectivity index (χ1v) is 27.0. The van der Waals surface area contributed by atoms with Crippen LogP contribution in [0.5, 0.6) is 0 Å². The van der Waals surface area contributed by atoms with Gasteiger partial charge in [-0.2, -0.15) is 39.5 Å². The van der Waals surface area contributed by atoms with Gasteiger partial charge in [-0.25, -0.2) is 0 Å². The molecule has 0 radical (unpaired) electrons. The number of rotatable bonds is 16. The minimum Gasteiger partial charge on any atom is -0.481 e. The fourth-order valence-electron chi connectivity index (χ4n) is 10.0. The van der Waals surface area contributed by atoms with Gasteiger partial charge in [0.1, 0.15) is 5.54 Å². The number of aliphatic carboxylic acids is 1. The van der Waals surface area contributed by atoms with Crippen molar-refractivity contribution in [2.24, 2.45) is 10.7 Å². The normalized spacial score (nSPS) is 23.2. The largest absolute Gasteiger partial charge is 0.481 e. The third-order valence-electron chi connectivity index (χ3n) is 15.3. The lowest BCUT2D eigenvalue weighted by Gasteiger charge is -2.44. The standard InChI is InChI=1S/C27H27F6N3O2.C26H32F3N3O2.C4H10O3.C2H4O2/c1-17(18-11-20(26(28,29)30)13-21(12-18)27(31,32)33)38-15-25(19-5-3-2-4-6-19)8-7-22(14-34-25)36-16-35-24(9-10-24)23(36)37;1-17-12-19(14-21(13-17)26(27,28)29)18(2)34-16-25(20-6-4-3-5-7-20)9-8-22(15-31-25)32-23(33)24(30)10-11-24;1-5-4(6-2)7-3;1-2(3)4/h2-6,11-13,16-17,22,34H,7-10,14-15H2,1H3;3-7,12-14,18,22,31H,8-11,15-16,30H2,1-2H3,(H,32,33);4H,1-3H3;1H3,(H,3,4)/t17-,22+,25-;18-,22+,25-;;/m11../s1.